The van der Waals surface area contributed by atoms with Gasteiger partial charge in [-0.1, -0.05) is 73.8 Å². The van der Waals surface area contributed by atoms with Crippen molar-refractivity contribution >= 4 is 40.8 Å². The summed E-state index contributed by atoms with van der Waals surface area (Å²) in [6, 6.07) is 7.18. The Morgan fingerprint density at radius 2 is 1.65 bits per heavy atom. The molecule has 5 heteroatoms. The second kappa shape index (κ2) is 5.05. The molecule has 0 fully saturated rings. The summed E-state index contributed by atoms with van der Waals surface area (Å²) in [7, 11) is 0. The van der Waals surface area contributed by atoms with Gasteiger partial charge in [-0.05, 0) is 11.5 Å². The Hall–Kier alpha value is -0.440. The van der Waals surface area contributed by atoms with Crippen LogP contribution in [0.2, 0.25) is 0 Å². The van der Waals surface area contributed by atoms with E-state index in [-0.39, 0.29) is 5.41 Å². The highest BCUT2D eigenvalue weighted by molar-refractivity contribution is 6.75. The van der Waals surface area contributed by atoms with Gasteiger partial charge in [0.1, 0.15) is 5.75 Å². The van der Waals surface area contributed by atoms with Crippen molar-refractivity contribution in [3.63, 3.8) is 0 Å². The van der Waals surface area contributed by atoms with Crippen LogP contribution in [0.4, 0.5) is 0 Å². The Morgan fingerprint density at radius 1 is 1.12 bits per heavy atom. The molecule has 2 nitrogen and oxygen atoms in total. The molecule has 0 aromatic heterocycles. The second-order valence-corrected chi connectivity index (χ2v) is 6.91. The molecule has 94 valence electrons. The third kappa shape index (κ3) is 4.06. The monoisotopic (exact) mass is 294 g/mol. The molecule has 0 spiro atoms. The summed E-state index contributed by atoms with van der Waals surface area (Å²) >= 11 is 16.4. The fraction of sp³-hybridized carbons (Fsp3) is 0.417. The zero-order chi connectivity index (χ0) is 13.3. The van der Waals surface area contributed by atoms with Gasteiger partial charge in [0.15, 0.2) is 0 Å². The number of para-hydroxylation sites is 1. The predicted octanol–water partition coefficient (Wildman–Crippen LogP) is 4.26. The van der Waals surface area contributed by atoms with Gasteiger partial charge < -0.3 is 4.74 Å². The SMILES string of the molecule is CC(C)(C)c1ccccc1OC(=O)C(Cl)(Cl)Cl. The average Bonchev–Trinajstić information content (AvgIpc) is 2.15. The zero-order valence-corrected chi connectivity index (χ0v) is 12.0. The van der Waals surface area contributed by atoms with Crippen LogP contribution in [-0.2, 0) is 10.2 Å². The molecule has 0 saturated carbocycles. The van der Waals surface area contributed by atoms with Crippen molar-refractivity contribution in [1.82, 2.24) is 0 Å². The van der Waals surface area contributed by atoms with E-state index in [1.165, 1.54) is 0 Å². The maximum Gasteiger partial charge on any atom is 0.363 e. The van der Waals surface area contributed by atoms with E-state index in [9.17, 15) is 4.79 Å². The van der Waals surface area contributed by atoms with E-state index in [0.717, 1.165) is 5.56 Å². The Balaban J connectivity index is 3.04. The van der Waals surface area contributed by atoms with Crippen LogP contribution < -0.4 is 4.74 Å². The van der Waals surface area contributed by atoms with Crippen molar-refractivity contribution < 1.29 is 9.53 Å². The van der Waals surface area contributed by atoms with Crippen LogP contribution in [0.15, 0.2) is 24.3 Å². The first-order chi connectivity index (χ1) is 7.62. The van der Waals surface area contributed by atoms with E-state index in [4.69, 9.17) is 39.5 Å². The van der Waals surface area contributed by atoms with Crippen LogP contribution in [-0.4, -0.2) is 9.76 Å². The van der Waals surface area contributed by atoms with Crippen molar-refractivity contribution in [2.45, 2.75) is 30.0 Å². The van der Waals surface area contributed by atoms with Crippen LogP contribution >= 0.6 is 34.8 Å². The molecule has 0 saturated heterocycles. The normalized spacial score (nSPS) is 12.4. The maximum absolute atomic E-state index is 11.5. The van der Waals surface area contributed by atoms with Crippen molar-refractivity contribution in [2.75, 3.05) is 0 Å². The lowest BCUT2D eigenvalue weighted by Crippen LogP contribution is -2.26. The standard InChI is InChI=1S/C12H13Cl3O2/c1-11(2,3)8-6-4-5-7-9(8)17-10(16)12(13,14)15/h4-7H,1-3H3. The summed E-state index contributed by atoms with van der Waals surface area (Å²) in [4.78, 5) is 11.5. The Kier molecular flexibility index (Phi) is 4.34. The van der Waals surface area contributed by atoms with Crippen molar-refractivity contribution in [2.24, 2.45) is 0 Å². The smallest absolute Gasteiger partial charge is 0.363 e. The number of alkyl halides is 3. The molecule has 0 N–H and O–H groups in total. The number of carbonyl (C=O) groups excluding carboxylic acids is 1. The topological polar surface area (TPSA) is 26.3 Å². The van der Waals surface area contributed by atoms with Crippen LogP contribution in [0, 0.1) is 0 Å². The molecule has 0 aliphatic rings. The third-order valence-corrected chi connectivity index (χ3v) is 2.59. The van der Waals surface area contributed by atoms with Gasteiger partial charge in [-0.3, -0.25) is 0 Å². The lowest BCUT2D eigenvalue weighted by atomic mass is 9.86. The number of ether oxygens (including phenoxy) is 1. The van der Waals surface area contributed by atoms with Crippen molar-refractivity contribution in [1.29, 1.82) is 0 Å². The number of benzene rings is 1. The molecular formula is C12H13Cl3O2. The van der Waals surface area contributed by atoms with E-state index in [2.05, 4.69) is 0 Å². The summed E-state index contributed by atoms with van der Waals surface area (Å²) in [5.74, 6) is -0.490. The van der Waals surface area contributed by atoms with Gasteiger partial charge in [-0.25, -0.2) is 4.79 Å². The number of carbonyl (C=O) groups is 1. The number of rotatable bonds is 1. The fourth-order valence-electron chi connectivity index (χ4n) is 1.33. The minimum absolute atomic E-state index is 0.162. The maximum atomic E-state index is 11.5. The number of hydrogen-bond acceptors (Lipinski definition) is 2. The van der Waals surface area contributed by atoms with Crippen LogP contribution in [0.3, 0.4) is 0 Å². The minimum Gasteiger partial charge on any atom is -0.423 e. The van der Waals surface area contributed by atoms with Gasteiger partial charge in [-0.2, -0.15) is 0 Å². The first-order valence-corrected chi connectivity index (χ1v) is 6.14. The Labute approximate surface area is 116 Å². The van der Waals surface area contributed by atoms with Crippen molar-refractivity contribution in [3.05, 3.63) is 29.8 Å². The van der Waals surface area contributed by atoms with E-state index < -0.39 is 9.76 Å². The van der Waals surface area contributed by atoms with Gasteiger partial charge in [0, 0.05) is 5.56 Å². The highest BCUT2D eigenvalue weighted by Crippen LogP contribution is 2.34. The van der Waals surface area contributed by atoms with Gasteiger partial charge in [-0.15, -0.1) is 0 Å². The molecule has 0 bridgehead atoms. The van der Waals surface area contributed by atoms with Crippen molar-refractivity contribution in [3.8, 4) is 5.75 Å². The minimum atomic E-state index is -2.06. The van der Waals surface area contributed by atoms with Gasteiger partial charge >= 0.3 is 5.97 Å². The first kappa shape index (κ1) is 14.6. The van der Waals surface area contributed by atoms with Crippen LogP contribution in [0.5, 0.6) is 5.75 Å². The molecule has 0 aliphatic heterocycles. The molecule has 1 rings (SSSR count). The number of hydrogen-bond donors (Lipinski definition) is 0. The highest BCUT2D eigenvalue weighted by Gasteiger charge is 2.34. The molecule has 0 radical (unpaired) electrons. The van der Waals surface area contributed by atoms with E-state index in [0.29, 0.717) is 5.75 Å². The van der Waals surface area contributed by atoms with Gasteiger partial charge in [0.2, 0.25) is 0 Å². The molecule has 1 aromatic carbocycles. The summed E-state index contributed by atoms with van der Waals surface area (Å²) in [6.45, 7) is 6.03. The molecule has 0 aliphatic carbocycles. The predicted molar refractivity (Wildman–Crippen MR) is 71.1 cm³/mol. The molecule has 1 aromatic rings. The quantitative estimate of drug-likeness (QED) is 0.439. The fourth-order valence-corrected chi connectivity index (χ4v) is 1.45. The lowest BCUT2D eigenvalue weighted by molar-refractivity contribution is -0.133. The molecule has 0 unspecified atom stereocenters. The Morgan fingerprint density at radius 3 is 2.12 bits per heavy atom. The second-order valence-electron chi connectivity index (χ2n) is 4.63. The highest BCUT2D eigenvalue weighted by atomic mass is 35.6. The van der Waals surface area contributed by atoms with Crippen LogP contribution in [0.1, 0.15) is 26.3 Å². The molecule has 0 amide bonds. The van der Waals surface area contributed by atoms with Gasteiger partial charge in [0.25, 0.3) is 3.79 Å². The average molecular weight is 296 g/mol. The summed E-state index contributed by atoms with van der Waals surface area (Å²) in [5, 5.41) is 0. The van der Waals surface area contributed by atoms with E-state index in [1.54, 1.807) is 12.1 Å². The number of esters is 1. The molecule has 0 atom stereocenters. The third-order valence-electron chi connectivity index (χ3n) is 2.13. The first-order valence-electron chi connectivity index (χ1n) is 5.01. The number of halogens is 3. The summed E-state index contributed by atoms with van der Waals surface area (Å²) in [6.07, 6.45) is 0. The largest absolute Gasteiger partial charge is 0.423 e. The van der Waals surface area contributed by atoms with Crippen LogP contribution in [0.25, 0.3) is 0 Å². The van der Waals surface area contributed by atoms with Gasteiger partial charge in [0.05, 0.1) is 0 Å². The van der Waals surface area contributed by atoms with E-state index >= 15 is 0 Å². The lowest BCUT2D eigenvalue weighted by Gasteiger charge is -2.22. The summed E-state index contributed by atoms with van der Waals surface area (Å²) in [5.41, 5.74) is 0.715. The molecular weight excluding hydrogens is 282 g/mol. The zero-order valence-electron chi connectivity index (χ0n) is 9.76. The van der Waals surface area contributed by atoms with E-state index in [1.807, 2.05) is 32.9 Å². The summed E-state index contributed by atoms with van der Waals surface area (Å²) < 4.78 is 3.04. The molecule has 0 heterocycles. The molecule has 17 heavy (non-hydrogen) atoms. The Bertz CT molecular complexity index is 416.